The van der Waals surface area contributed by atoms with Crippen LogP contribution in [-0.4, -0.2) is 15.3 Å². The van der Waals surface area contributed by atoms with Crippen molar-refractivity contribution in [3.8, 4) is 11.1 Å². The van der Waals surface area contributed by atoms with E-state index >= 15 is 0 Å². The second-order valence-corrected chi connectivity index (χ2v) is 8.56. The van der Waals surface area contributed by atoms with E-state index in [0.717, 1.165) is 16.7 Å². The lowest BCUT2D eigenvalue weighted by Gasteiger charge is -2.08. The number of thiophene rings is 1. The van der Waals surface area contributed by atoms with E-state index in [0.29, 0.717) is 20.8 Å². The fourth-order valence-corrected chi connectivity index (χ4v) is 4.58. The number of fused-ring (bicyclic) bond motifs is 1. The van der Waals surface area contributed by atoms with Crippen molar-refractivity contribution < 1.29 is 4.79 Å². The topological polar surface area (TPSA) is 52.0 Å². The van der Waals surface area contributed by atoms with Gasteiger partial charge in [-0.1, -0.05) is 41.4 Å². The standard InChI is InChI=1S/C22H16Cl2N2O2S/c1-12-3-4-14(7-13(12)2)17-10-29-21-20(17)22(28)26(11-25-21)9-19(27)16-6-5-15(23)8-18(16)24/h3-8,10-11H,9H2,1-2H3. The molecule has 0 fully saturated rings. The Labute approximate surface area is 181 Å². The zero-order chi connectivity index (χ0) is 20.7. The Morgan fingerprint density at radius 3 is 2.62 bits per heavy atom. The summed E-state index contributed by atoms with van der Waals surface area (Å²) >= 11 is 13.4. The highest BCUT2D eigenvalue weighted by molar-refractivity contribution is 7.17. The molecule has 4 rings (SSSR count). The first-order valence-corrected chi connectivity index (χ1v) is 10.5. The summed E-state index contributed by atoms with van der Waals surface area (Å²) in [5, 5.41) is 3.17. The molecule has 0 aliphatic carbocycles. The third kappa shape index (κ3) is 3.73. The highest BCUT2D eigenvalue weighted by Gasteiger charge is 2.17. The predicted octanol–water partition coefficient (Wildman–Crippen LogP) is 5.93. The third-order valence-corrected chi connectivity index (χ3v) is 6.36. The Morgan fingerprint density at radius 1 is 1.10 bits per heavy atom. The molecule has 0 bridgehead atoms. The maximum Gasteiger partial charge on any atom is 0.263 e. The van der Waals surface area contributed by atoms with Gasteiger partial charge in [-0.2, -0.15) is 0 Å². The maximum atomic E-state index is 13.2. The van der Waals surface area contributed by atoms with Crippen molar-refractivity contribution in [2.75, 3.05) is 0 Å². The number of benzene rings is 2. The molecule has 0 aliphatic rings. The van der Waals surface area contributed by atoms with Crippen molar-refractivity contribution in [2.45, 2.75) is 20.4 Å². The summed E-state index contributed by atoms with van der Waals surface area (Å²) in [5.41, 5.74) is 4.21. The monoisotopic (exact) mass is 442 g/mol. The Bertz CT molecular complexity index is 1320. The fraction of sp³-hybridized carbons (Fsp3) is 0.136. The van der Waals surface area contributed by atoms with Crippen LogP contribution in [0.3, 0.4) is 0 Å². The van der Waals surface area contributed by atoms with Crippen molar-refractivity contribution in [3.05, 3.63) is 85.2 Å². The van der Waals surface area contributed by atoms with E-state index in [1.165, 1.54) is 33.9 Å². The van der Waals surface area contributed by atoms with Gasteiger partial charge in [0, 0.05) is 21.5 Å². The van der Waals surface area contributed by atoms with Crippen molar-refractivity contribution >= 4 is 50.5 Å². The number of carbonyl (C=O) groups excluding carboxylic acids is 1. The number of Topliss-reactive ketones (excluding diaryl/α,β-unsaturated/α-hetero) is 1. The number of halogens is 2. The number of hydrogen-bond acceptors (Lipinski definition) is 4. The van der Waals surface area contributed by atoms with Crippen LogP contribution in [0.5, 0.6) is 0 Å². The van der Waals surface area contributed by atoms with E-state index < -0.39 is 0 Å². The first kappa shape index (κ1) is 19.8. The normalized spacial score (nSPS) is 11.2. The molecular formula is C22H16Cl2N2O2S. The van der Waals surface area contributed by atoms with Gasteiger partial charge in [-0.15, -0.1) is 11.3 Å². The number of rotatable bonds is 4. The third-order valence-electron chi connectivity index (χ3n) is 4.92. The van der Waals surface area contributed by atoms with Gasteiger partial charge >= 0.3 is 0 Å². The molecule has 4 aromatic rings. The number of ketones is 1. The average Bonchev–Trinajstić information content (AvgIpc) is 3.11. The van der Waals surface area contributed by atoms with E-state index in [1.807, 2.05) is 31.4 Å². The highest BCUT2D eigenvalue weighted by Crippen LogP contribution is 2.31. The van der Waals surface area contributed by atoms with Gasteiger partial charge in [-0.25, -0.2) is 4.98 Å². The highest BCUT2D eigenvalue weighted by atomic mass is 35.5. The number of aromatic nitrogens is 2. The maximum absolute atomic E-state index is 13.2. The summed E-state index contributed by atoms with van der Waals surface area (Å²) in [6.07, 6.45) is 1.41. The van der Waals surface area contributed by atoms with Gasteiger partial charge < -0.3 is 0 Å². The van der Waals surface area contributed by atoms with Crippen LogP contribution >= 0.6 is 34.5 Å². The van der Waals surface area contributed by atoms with Crippen LogP contribution in [0.1, 0.15) is 21.5 Å². The molecule has 0 unspecified atom stereocenters. The van der Waals surface area contributed by atoms with Crippen LogP contribution in [0.2, 0.25) is 10.0 Å². The summed E-state index contributed by atoms with van der Waals surface area (Å²) in [6.45, 7) is 3.94. The molecule has 0 amide bonds. The molecule has 0 saturated carbocycles. The molecule has 7 heteroatoms. The Hall–Kier alpha value is -2.47. The summed E-state index contributed by atoms with van der Waals surface area (Å²) < 4.78 is 1.33. The average molecular weight is 443 g/mol. The lowest BCUT2D eigenvalue weighted by atomic mass is 10.0. The largest absolute Gasteiger partial charge is 0.292 e. The molecule has 2 heterocycles. The van der Waals surface area contributed by atoms with Crippen LogP contribution in [0.15, 0.2) is 52.9 Å². The van der Waals surface area contributed by atoms with Crippen LogP contribution < -0.4 is 5.56 Å². The van der Waals surface area contributed by atoms with Crippen molar-refractivity contribution in [1.82, 2.24) is 9.55 Å². The first-order valence-electron chi connectivity index (χ1n) is 8.87. The van der Waals surface area contributed by atoms with Gasteiger partial charge in [0.2, 0.25) is 0 Å². The number of carbonyl (C=O) groups is 1. The molecule has 2 aromatic heterocycles. The quantitative estimate of drug-likeness (QED) is 0.367. The molecule has 0 atom stereocenters. The van der Waals surface area contributed by atoms with Gasteiger partial charge in [0.25, 0.3) is 5.56 Å². The van der Waals surface area contributed by atoms with E-state index in [2.05, 4.69) is 11.1 Å². The first-order chi connectivity index (χ1) is 13.8. The van der Waals surface area contributed by atoms with Crippen molar-refractivity contribution in [3.63, 3.8) is 0 Å². The second kappa shape index (κ2) is 7.75. The van der Waals surface area contributed by atoms with Gasteiger partial charge in [0.15, 0.2) is 5.78 Å². The SMILES string of the molecule is Cc1ccc(-c2csc3ncn(CC(=O)c4ccc(Cl)cc4Cl)c(=O)c23)cc1C. The van der Waals surface area contributed by atoms with Gasteiger partial charge in [-0.3, -0.25) is 14.2 Å². The molecule has 0 radical (unpaired) electrons. The summed E-state index contributed by atoms with van der Waals surface area (Å²) in [4.78, 5) is 30.9. The molecule has 29 heavy (non-hydrogen) atoms. The molecule has 0 saturated heterocycles. The second-order valence-electron chi connectivity index (χ2n) is 6.85. The number of hydrogen-bond donors (Lipinski definition) is 0. The minimum atomic E-state index is -0.280. The smallest absolute Gasteiger partial charge is 0.263 e. The van der Waals surface area contributed by atoms with E-state index in [-0.39, 0.29) is 22.9 Å². The van der Waals surface area contributed by atoms with Crippen molar-refractivity contribution in [2.24, 2.45) is 0 Å². The van der Waals surface area contributed by atoms with Gasteiger partial charge in [0.05, 0.1) is 23.3 Å². The van der Waals surface area contributed by atoms with Crippen LogP contribution in [0.4, 0.5) is 0 Å². The lowest BCUT2D eigenvalue weighted by Crippen LogP contribution is -2.24. The Morgan fingerprint density at radius 2 is 1.90 bits per heavy atom. The molecule has 2 aromatic carbocycles. The summed E-state index contributed by atoms with van der Waals surface area (Å²) in [6, 6.07) is 10.8. The fourth-order valence-electron chi connectivity index (χ4n) is 3.16. The van der Waals surface area contributed by atoms with Gasteiger partial charge in [-0.05, 0) is 48.7 Å². The van der Waals surface area contributed by atoms with Crippen LogP contribution in [0.25, 0.3) is 21.3 Å². The predicted molar refractivity (Wildman–Crippen MR) is 120 cm³/mol. The van der Waals surface area contributed by atoms with E-state index in [4.69, 9.17) is 23.2 Å². The van der Waals surface area contributed by atoms with Gasteiger partial charge in [0.1, 0.15) is 4.83 Å². The minimum absolute atomic E-state index is 0.147. The van der Waals surface area contributed by atoms with E-state index in [1.54, 1.807) is 12.1 Å². The lowest BCUT2D eigenvalue weighted by molar-refractivity contribution is 0.0971. The Balaban J connectivity index is 1.77. The molecule has 146 valence electrons. The zero-order valence-corrected chi connectivity index (χ0v) is 18.0. The van der Waals surface area contributed by atoms with Crippen LogP contribution in [0, 0.1) is 13.8 Å². The van der Waals surface area contributed by atoms with E-state index in [9.17, 15) is 9.59 Å². The molecule has 0 N–H and O–H groups in total. The summed E-state index contributed by atoms with van der Waals surface area (Å²) in [7, 11) is 0. The zero-order valence-electron chi connectivity index (χ0n) is 15.7. The minimum Gasteiger partial charge on any atom is -0.292 e. The molecular weight excluding hydrogens is 427 g/mol. The number of nitrogens with zero attached hydrogens (tertiary/aromatic N) is 2. The molecule has 4 nitrogen and oxygen atoms in total. The Kier molecular flexibility index (Phi) is 5.30. The molecule has 0 aliphatic heterocycles. The summed E-state index contributed by atoms with van der Waals surface area (Å²) in [5.74, 6) is -0.280. The van der Waals surface area contributed by atoms with Crippen LogP contribution in [-0.2, 0) is 6.54 Å². The number of aryl methyl sites for hydroxylation is 2. The molecule has 0 spiro atoms. The van der Waals surface area contributed by atoms with Crippen molar-refractivity contribution in [1.29, 1.82) is 0 Å².